The van der Waals surface area contributed by atoms with Crippen molar-refractivity contribution in [2.24, 2.45) is 0 Å². The zero-order valence-electron chi connectivity index (χ0n) is 10.0. The Kier molecular flexibility index (Phi) is 2.91. The van der Waals surface area contributed by atoms with E-state index in [9.17, 15) is 9.59 Å². The summed E-state index contributed by atoms with van der Waals surface area (Å²) in [5.74, 6) is -0.312. The fourth-order valence-electron chi connectivity index (χ4n) is 1.61. The number of ether oxygens (including phenoxy) is 1. The Labute approximate surface area is 103 Å². The number of amides is 2. The van der Waals surface area contributed by atoms with Gasteiger partial charge in [-0.25, -0.2) is 14.7 Å². The van der Waals surface area contributed by atoms with Crippen molar-refractivity contribution in [3.8, 4) is 0 Å². The van der Waals surface area contributed by atoms with E-state index in [4.69, 9.17) is 4.74 Å². The lowest BCUT2D eigenvalue weighted by Crippen LogP contribution is -2.35. The molecule has 1 fully saturated rings. The van der Waals surface area contributed by atoms with Gasteiger partial charge in [-0.2, -0.15) is 0 Å². The van der Waals surface area contributed by atoms with Crippen LogP contribution < -0.4 is 0 Å². The van der Waals surface area contributed by atoms with Gasteiger partial charge in [-0.15, -0.1) is 11.3 Å². The van der Waals surface area contributed by atoms with Gasteiger partial charge in [0.1, 0.15) is 0 Å². The Morgan fingerprint density at radius 2 is 2.18 bits per heavy atom. The first-order valence-corrected chi connectivity index (χ1v) is 6.30. The summed E-state index contributed by atoms with van der Waals surface area (Å²) in [6.45, 7) is 5.39. The molecule has 0 bridgehead atoms. The molecule has 0 unspecified atom stereocenters. The number of hydrogen-bond acceptors (Lipinski definition) is 5. The molecule has 1 aliphatic heterocycles. The van der Waals surface area contributed by atoms with Gasteiger partial charge in [0.25, 0.3) is 5.91 Å². The molecular formula is C11H14N2O3S. The molecule has 1 aromatic heterocycles. The van der Waals surface area contributed by atoms with Gasteiger partial charge in [-0.1, -0.05) is 6.92 Å². The topological polar surface area (TPSA) is 59.5 Å². The summed E-state index contributed by atoms with van der Waals surface area (Å²) < 4.78 is 4.99. The van der Waals surface area contributed by atoms with Gasteiger partial charge in [0.2, 0.25) is 0 Å². The van der Waals surface area contributed by atoms with Crippen molar-refractivity contribution in [1.82, 2.24) is 9.88 Å². The van der Waals surface area contributed by atoms with Crippen LogP contribution >= 0.6 is 11.3 Å². The number of carbonyl (C=O) groups is 2. The number of imide groups is 1. The second kappa shape index (κ2) is 4.10. The Morgan fingerprint density at radius 3 is 2.65 bits per heavy atom. The molecule has 0 atom stereocenters. The third kappa shape index (κ3) is 2.17. The molecular weight excluding hydrogens is 240 g/mol. The average Bonchev–Trinajstić information content (AvgIpc) is 2.78. The van der Waals surface area contributed by atoms with Crippen LogP contribution in [0.25, 0.3) is 0 Å². The molecule has 0 saturated carbocycles. The third-order valence-corrected chi connectivity index (χ3v) is 3.59. The number of rotatable bonds is 3. The van der Waals surface area contributed by atoms with E-state index < -0.39 is 11.7 Å². The summed E-state index contributed by atoms with van der Waals surface area (Å²) in [6.07, 6.45) is 0.264. The Morgan fingerprint density at radius 1 is 1.47 bits per heavy atom. The average molecular weight is 254 g/mol. The van der Waals surface area contributed by atoms with E-state index in [2.05, 4.69) is 4.98 Å². The van der Waals surface area contributed by atoms with Gasteiger partial charge in [-0.3, -0.25) is 4.79 Å². The Hall–Kier alpha value is -1.43. The number of cyclic esters (lactones) is 1. The molecule has 2 heterocycles. The number of carbonyl (C=O) groups excluding carboxylic acids is 2. The van der Waals surface area contributed by atoms with Crippen molar-refractivity contribution in [1.29, 1.82) is 0 Å². The maximum absolute atomic E-state index is 11.9. The minimum absolute atomic E-state index is 0.192. The van der Waals surface area contributed by atoms with Gasteiger partial charge in [0, 0.05) is 5.38 Å². The van der Waals surface area contributed by atoms with Crippen LogP contribution in [0, 0.1) is 0 Å². The van der Waals surface area contributed by atoms with E-state index in [1.165, 1.54) is 11.3 Å². The molecule has 6 heteroatoms. The molecule has 0 aliphatic carbocycles. The fraction of sp³-hybridized carbons (Fsp3) is 0.545. The maximum Gasteiger partial charge on any atom is 0.418 e. The summed E-state index contributed by atoms with van der Waals surface area (Å²) >= 11 is 1.53. The molecule has 0 radical (unpaired) electrons. The fourth-order valence-corrected chi connectivity index (χ4v) is 2.34. The second-order valence-corrected chi connectivity index (χ2v) is 5.30. The Balaban J connectivity index is 2.14. The van der Waals surface area contributed by atoms with Crippen molar-refractivity contribution >= 4 is 23.3 Å². The predicted molar refractivity (Wildman–Crippen MR) is 62.6 cm³/mol. The molecule has 1 aliphatic rings. The van der Waals surface area contributed by atoms with Crippen LogP contribution in [0.15, 0.2) is 5.38 Å². The van der Waals surface area contributed by atoms with E-state index in [0.717, 1.165) is 22.0 Å². The van der Waals surface area contributed by atoms with Crippen LogP contribution in [0.2, 0.25) is 0 Å². The summed E-state index contributed by atoms with van der Waals surface area (Å²) in [7, 11) is 0. The highest BCUT2D eigenvalue weighted by Crippen LogP contribution is 2.25. The first kappa shape index (κ1) is 12.0. The van der Waals surface area contributed by atoms with E-state index >= 15 is 0 Å². The van der Waals surface area contributed by atoms with E-state index in [0.29, 0.717) is 0 Å². The van der Waals surface area contributed by atoms with Crippen molar-refractivity contribution in [2.45, 2.75) is 39.3 Å². The molecule has 92 valence electrons. The van der Waals surface area contributed by atoms with Crippen LogP contribution in [0.5, 0.6) is 0 Å². The number of aromatic nitrogens is 1. The van der Waals surface area contributed by atoms with E-state index in [1.807, 2.05) is 12.3 Å². The molecule has 5 nitrogen and oxygen atoms in total. The van der Waals surface area contributed by atoms with Gasteiger partial charge in [0.05, 0.1) is 17.2 Å². The normalized spacial score (nSPS) is 18.6. The van der Waals surface area contributed by atoms with E-state index in [-0.39, 0.29) is 12.5 Å². The molecule has 17 heavy (non-hydrogen) atoms. The highest BCUT2D eigenvalue weighted by Gasteiger charge is 2.47. The highest BCUT2D eigenvalue weighted by molar-refractivity contribution is 7.09. The van der Waals surface area contributed by atoms with Gasteiger partial charge in [-0.05, 0) is 20.3 Å². The third-order valence-electron chi connectivity index (χ3n) is 2.54. The van der Waals surface area contributed by atoms with Crippen molar-refractivity contribution in [2.75, 3.05) is 0 Å². The molecule has 2 rings (SSSR count). The number of hydrogen-bond donors (Lipinski definition) is 0. The molecule has 0 spiro atoms. The first-order chi connectivity index (χ1) is 7.94. The number of aryl methyl sites for hydroxylation is 1. The monoisotopic (exact) mass is 254 g/mol. The second-order valence-electron chi connectivity index (χ2n) is 4.36. The van der Waals surface area contributed by atoms with Crippen LogP contribution in [-0.2, 0) is 22.5 Å². The van der Waals surface area contributed by atoms with Crippen molar-refractivity contribution in [3.63, 3.8) is 0 Å². The largest absolute Gasteiger partial charge is 0.433 e. The zero-order valence-corrected chi connectivity index (χ0v) is 10.8. The smallest absolute Gasteiger partial charge is 0.418 e. The predicted octanol–water partition coefficient (Wildman–Crippen LogP) is 1.96. The van der Waals surface area contributed by atoms with Crippen LogP contribution in [0.4, 0.5) is 4.79 Å². The quantitative estimate of drug-likeness (QED) is 0.827. The lowest BCUT2D eigenvalue weighted by Gasteiger charge is -2.12. The minimum Gasteiger partial charge on any atom is -0.433 e. The van der Waals surface area contributed by atoms with Gasteiger partial charge in [0.15, 0.2) is 5.60 Å². The minimum atomic E-state index is -1.05. The summed E-state index contributed by atoms with van der Waals surface area (Å²) in [4.78, 5) is 28.8. The van der Waals surface area contributed by atoms with Crippen LogP contribution in [0.1, 0.15) is 31.5 Å². The van der Waals surface area contributed by atoms with Crippen molar-refractivity contribution < 1.29 is 14.3 Å². The van der Waals surface area contributed by atoms with Crippen LogP contribution in [0.3, 0.4) is 0 Å². The van der Waals surface area contributed by atoms with Crippen molar-refractivity contribution in [3.05, 3.63) is 16.1 Å². The molecule has 2 amide bonds. The summed E-state index contributed by atoms with van der Waals surface area (Å²) in [5.41, 5.74) is -0.324. The molecule has 1 saturated heterocycles. The summed E-state index contributed by atoms with van der Waals surface area (Å²) in [5, 5.41) is 2.87. The first-order valence-electron chi connectivity index (χ1n) is 5.42. The summed E-state index contributed by atoms with van der Waals surface area (Å²) in [6, 6.07) is 0. The van der Waals surface area contributed by atoms with E-state index in [1.54, 1.807) is 13.8 Å². The SMILES string of the molecule is CCc1nc(CN2C(=O)OC(C)(C)C2=O)cs1. The molecule has 0 aromatic carbocycles. The Bertz CT molecular complexity index is 467. The van der Waals surface area contributed by atoms with Gasteiger partial charge >= 0.3 is 6.09 Å². The lowest BCUT2D eigenvalue weighted by molar-refractivity contribution is -0.134. The standard InChI is InChI=1S/C11H14N2O3S/c1-4-8-12-7(6-17-8)5-13-9(14)11(2,3)16-10(13)15/h6H,4-5H2,1-3H3. The van der Waals surface area contributed by atoms with Crippen LogP contribution in [-0.4, -0.2) is 27.5 Å². The molecule has 0 N–H and O–H groups in total. The highest BCUT2D eigenvalue weighted by atomic mass is 32.1. The lowest BCUT2D eigenvalue weighted by atomic mass is 10.1. The maximum atomic E-state index is 11.9. The molecule has 1 aromatic rings. The zero-order chi connectivity index (χ0) is 12.6. The van der Waals surface area contributed by atoms with Gasteiger partial charge < -0.3 is 4.74 Å². The number of thiazole rings is 1. The number of nitrogens with zero attached hydrogens (tertiary/aromatic N) is 2.